The van der Waals surface area contributed by atoms with Crippen LogP contribution in [-0.2, 0) is 0 Å². The minimum atomic E-state index is -2.70. The molecule has 0 radical (unpaired) electrons. The van der Waals surface area contributed by atoms with Crippen LogP contribution in [0.1, 0.15) is 6.92 Å². The average Bonchev–Trinajstić information content (AvgIpc) is 2.88. The zero-order valence-electron chi connectivity index (χ0n) is 13.4. The van der Waals surface area contributed by atoms with Crippen LogP contribution in [0.25, 0.3) is 11.1 Å². The summed E-state index contributed by atoms with van der Waals surface area (Å²) in [5, 5.41) is 3.53. The molecule has 1 heterocycles. The van der Waals surface area contributed by atoms with Crippen molar-refractivity contribution >= 4 is 23.0 Å². The van der Waals surface area contributed by atoms with Crippen LogP contribution in [0.5, 0.6) is 0 Å². The minimum absolute atomic E-state index is 0.251. The molecule has 2 aromatic carbocycles. The Morgan fingerprint density at radius 3 is 2.24 bits per heavy atom. The summed E-state index contributed by atoms with van der Waals surface area (Å²) >= 11 is 5.54. The first-order valence-electron chi connectivity index (χ1n) is 7.42. The Morgan fingerprint density at radius 2 is 1.68 bits per heavy atom. The second-order valence-electron chi connectivity index (χ2n) is 5.90. The molecule has 1 aliphatic rings. The maximum atomic E-state index is 13.8. The molecule has 0 spiro atoms. The van der Waals surface area contributed by atoms with Crippen molar-refractivity contribution in [2.24, 2.45) is 5.10 Å². The predicted molar refractivity (Wildman–Crippen MR) is 91.7 cm³/mol. The number of allylic oxidation sites excluding steroid dienone is 1. The first-order valence-corrected chi connectivity index (χ1v) is 7.79. The van der Waals surface area contributed by atoms with Crippen LogP contribution in [0.4, 0.5) is 23.2 Å². The first kappa shape index (κ1) is 17.6. The molecule has 0 aliphatic carbocycles. The lowest BCUT2D eigenvalue weighted by Crippen LogP contribution is -2.31. The lowest BCUT2D eigenvalue weighted by molar-refractivity contribution is 0.224. The second-order valence-corrected chi connectivity index (χ2v) is 6.27. The van der Waals surface area contributed by atoms with E-state index >= 15 is 0 Å². The van der Waals surface area contributed by atoms with Crippen molar-refractivity contribution in [3.8, 4) is 11.1 Å². The lowest BCUT2D eigenvalue weighted by Gasteiger charge is -2.23. The fraction of sp³-hybridized carbons (Fsp3) is 0.167. The van der Waals surface area contributed by atoms with Gasteiger partial charge in [0, 0.05) is 17.2 Å². The van der Waals surface area contributed by atoms with Gasteiger partial charge in [0.25, 0.3) is 6.43 Å². The molecule has 0 saturated carbocycles. The molecule has 0 N–H and O–H groups in total. The number of para-hydroxylation sites is 1. The van der Waals surface area contributed by atoms with Crippen molar-refractivity contribution in [2.75, 3.05) is 7.05 Å². The van der Waals surface area contributed by atoms with E-state index in [1.165, 1.54) is 0 Å². The summed E-state index contributed by atoms with van der Waals surface area (Å²) in [5.41, 5.74) is 1.30. The van der Waals surface area contributed by atoms with Crippen LogP contribution in [0, 0.1) is 11.6 Å². The normalized spacial score (nSPS) is 20.0. The largest absolute Gasteiger partial charge is 0.286 e. The lowest BCUT2D eigenvalue weighted by atomic mass is 10.0. The number of quaternary nitrogens is 1. The molecular formula is C18H14ClF4N2+. The van der Waals surface area contributed by atoms with E-state index in [0.29, 0.717) is 16.8 Å². The highest BCUT2D eigenvalue weighted by molar-refractivity contribution is 6.31. The van der Waals surface area contributed by atoms with Crippen molar-refractivity contribution in [1.82, 2.24) is 4.59 Å². The van der Waals surface area contributed by atoms with Gasteiger partial charge < -0.3 is 0 Å². The Kier molecular flexibility index (Phi) is 4.43. The molecule has 1 aliphatic heterocycles. The van der Waals surface area contributed by atoms with Gasteiger partial charge in [-0.3, -0.25) is 0 Å². The van der Waals surface area contributed by atoms with Crippen molar-refractivity contribution in [3.05, 3.63) is 64.8 Å². The first-order chi connectivity index (χ1) is 11.7. The average molecular weight is 370 g/mol. The van der Waals surface area contributed by atoms with E-state index in [9.17, 15) is 17.6 Å². The standard InChI is InChI=1S/C18H14ClF4N2/c1-10-9-25(2,24-17(10)18(22)23)15-6-4-3-5-12(15)11-7-13(20)16(19)14(21)8-11/h3-9,18H,1-2H3/q+1. The highest BCUT2D eigenvalue weighted by Crippen LogP contribution is 2.39. The molecule has 25 heavy (non-hydrogen) atoms. The molecule has 0 amide bonds. The number of hydrogen-bond acceptors (Lipinski definition) is 1. The number of benzene rings is 2. The highest BCUT2D eigenvalue weighted by atomic mass is 35.5. The van der Waals surface area contributed by atoms with Crippen LogP contribution >= 0.6 is 11.6 Å². The van der Waals surface area contributed by atoms with E-state index in [0.717, 1.165) is 12.1 Å². The van der Waals surface area contributed by atoms with Crippen molar-refractivity contribution < 1.29 is 17.6 Å². The van der Waals surface area contributed by atoms with E-state index in [1.54, 1.807) is 44.4 Å². The van der Waals surface area contributed by atoms with Gasteiger partial charge in [0.15, 0.2) is 11.4 Å². The highest BCUT2D eigenvalue weighted by Gasteiger charge is 2.37. The third kappa shape index (κ3) is 3.07. The van der Waals surface area contributed by atoms with Gasteiger partial charge in [-0.15, -0.1) is 4.59 Å². The maximum Gasteiger partial charge on any atom is 0.286 e. The molecule has 130 valence electrons. The van der Waals surface area contributed by atoms with Crippen LogP contribution in [0.2, 0.25) is 5.02 Å². The molecule has 2 nitrogen and oxygen atoms in total. The van der Waals surface area contributed by atoms with Gasteiger partial charge in [-0.25, -0.2) is 17.6 Å². The van der Waals surface area contributed by atoms with Gasteiger partial charge in [-0.05, 0) is 30.7 Å². The van der Waals surface area contributed by atoms with Gasteiger partial charge in [0.05, 0.1) is 0 Å². The molecule has 2 aromatic rings. The fourth-order valence-corrected chi connectivity index (χ4v) is 3.05. The summed E-state index contributed by atoms with van der Waals surface area (Å²) < 4.78 is 53.7. The van der Waals surface area contributed by atoms with Crippen molar-refractivity contribution in [2.45, 2.75) is 13.3 Å². The summed E-state index contributed by atoms with van der Waals surface area (Å²) in [6, 6.07) is 8.97. The predicted octanol–water partition coefficient (Wildman–Crippen LogP) is 5.76. The SMILES string of the molecule is CC1=C[N+](C)(c2ccccc2-c2cc(F)c(Cl)c(F)c2)N=C1C(F)F. The third-order valence-electron chi connectivity index (χ3n) is 4.06. The maximum absolute atomic E-state index is 13.8. The Morgan fingerprint density at radius 1 is 1.08 bits per heavy atom. The van der Waals surface area contributed by atoms with Gasteiger partial charge in [0.2, 0.25) is 0 Å². The number of rotatable bonds is 3. The van der Waals surface area contributed by atoms with Crippen LogP contribution in [-0.4, -0.2) is 19.2 Å². The number of halogens is 5. The van der Waals surface area contributed by atoms with Crippen LogP contribution in [0.3, 0.4) is 0 Å². The second kappa shape index (κ2) is 6.28. The Hall–Kier alpha value is -2.18. The molecule has 0 aromatic heterocycles. The summed E-state index contributed by atoms with van der Waals surface area (Å²) in [7, 11) is 1.63. The molecule has 1 unspecified atom stereocenters. The molecule has 7 heteroatoms. The van der Waals surface area contributed by atoms with Gasteiger partial charge in [-0.2, -0.15) is 0 Å². The quantitative estimate of drug-likeness (QED) is 0.370. The Balaban J connectivity index is 2.19. The van der Waals surface area contributed by atoms with E-state index in [2.05, 4.69) is 5.10 Å². The van der Waals surface area contributed by atoms with Crippen LogP contribution < -0.4 is 4.59 Å². The minimum Gasteiger partial charge on any atom is -0.205 e. The van der Waals surface area contributed by atoms with Gasteiger partial charge >= 0.3 is 0 Å². The zero-order chi connectivity index (χ0) is 18.4. The third-order valence-corrected chi connectivity index (χ3v) is 4.42. The van der Waals surface area contributed by atoms with E-state index < -0.39 is 23.1 Å². The van der Waals surface area contributed by atoms with E-state index in [-0.39, 0.29) is 15.9 Å². The van der Waals surface area contributed by atoms with Crippen molar-refractivity contribution in [1.29, 1.82) is 0 Å². The smallest absolute Gasteiger partial charge is 0.205 e. The van der Waals surface area contributed by atoms with Gasteiger partial charge in [0.1, 0.15) is 29.9 Å². The Bertz CT molecular complexity index is 885. The molecule has 0 saturated heterocycles. The van der Waals surface area contributed by atoms with Crippen molar-refractivity contribution in [3.63, 3.8) is 0 Å². The summed E-state index contributed by atoms with van der Waals surface area (Å²) in [5.74, 6) is -1.78. The Labute approximate surface area is 147 Å². The number of hydrogen-bond donors (Lipinski definition) is 0. The molecule has 0 fully saturated rings. The molecule has 3 rings (SSSR count). The summed E-state index contributed by atoms with van der Waals surface area (Å²) in [6.45, 7) is 1.55. The topological polar surface area (TPSA) is 12.4 Å². The van der Waals surface area contributed by atoms with Crippen LogP contribution in [0.15, 0.2) is 53.3 Å². The number of nitrogens with zero attached hydrogens (tertiary/aromatic N) is 2. The molecular weight excluding hydrogens is 356 g/mol. The van der Waals surface area contributed by atoms with E-state index in [4.69, 9.17) is 11.6 Å². The van der Waals surface area contributed by atoms with Gasteiger partial charge in [-0.1, -0.05) is 28.8 Å². The number of alkyl halides is 2. The van der Waals surface area contributed by atoms with E-state index in [1.807, 2.05) is 0 Å². The summed E-state index contributed by atoms with van der Waals surface area (Å²) in [6.07, 6.45) is -1.13. The molecule has 0 bridgehead atoms. The summed E-state index contributed by atoms with van der Waals surface area (Å²) in [4.78, 5) is 0. The zero-order valence-corrected chi connectivity index (χ0v) is 14.2. The monoisotopic (exact) mass is 369 g/mol. The fourth-order valence-electron chi connectivity index (χ4n) is 2.94. The molecule has 1 atom stereocenters.